The van der Waals surface area contributed by atoms with Gasteiger partial charge in [-0.2, -0.15) is 0 Å². The molecule has 232 valence electrons. The molecule has 0 saturated carbocycles. The van der Waals surface area contributed by atoms with Gasteiger partial charge in [0.05, 0.1) is 10.6 Å². The summed E-state index contributed by atoms with van der Waals surface area (Å²) in [6.07, 6.45) is 1.51. The number of sulfone groups is 1. The molecule has 1 amide bonds. The monoisotopic (exact) mass is 641 g/mol. The average Bonchev–Trinajstić information content (AvgIpc) is 3.38. The molecule has 1 aromatic heterocycles. The van der Waals surface area contributed by atoms with Crippen LogP contribution in [-0.4, -0.2) is 39.9 Å². The second-order valence-corrected chi connectivity index (χ2v) is 22.4. The number of benzene rings is 2. The Morgan fingerprint density at radius 3 is 2.09 bits per heavy atom. The van der Waals surface area contributed by atoms with Crippen LogP contribution in [0, 0.1) is 5.92 Å². The van der Waals surface area contributed by atoms with Crippen molar-refractivity contribution < 1.29 is 27.5 Å². The van der Waals surface area contributed by atoms with Crippen molar-refractivity contribution in [3.05, 3.63) is 65.5 Å². The Bertz CT molecular complexity index is 1550. The van der Waals surface area contributed by atoms with E-state index in [2.05, 4.69) is 25.0 Å². The zero-order chi connectivity index (χ0) is 31.6. The molecule has 1 fully saturated rings. The lowest BCUT2D eigenvalue weighted by Crippen LogP contribution is -2.50. The number of nitrogens with one attached hydrogen (secondary N) is 1. The maximum Gasteiger partial charge on any atom is 0.412 e. The summed E-state index contributed by atoms with van der Waals surface area (Å²) < 4.78 is 38.8. The van der Waals surface area contributed by atoms with E-state index in [1.807, 2.05) is 81.4 Å². The second-order valence-electron chi connectivity index (χ2n) is 13.5. The summed E-state index contributed by atoms with van der Waals surface area (Å²) >= 11 is 1.39. The fourth-order valence-corrected chi connectivity index (χ4v) is 10.5. The fraction of sp³-hybridized carbons (Fsp3) is 0.455. The van der Waals surface area contributed by atoms with Gasteiger partial charge in [0.1, 0.15) is 5.60 Å². The number of amides is 1. The van der Waals surface area contributed by atoms with Gasteiger partial charge in [-0.25, -0.2) is 13.2 Å². The van der Waals surface area contributed by atoms with Crippen LogP contribution in [0.4, 0.5) is 10.5 Å². The summed E-state index contributed by atoms with van der Waals surface area (Å²) in [4.78, 5) is 24.3. The summed E-state index contributed by atoms with van der Waals surface area (Å²) in [5.74, 6) is -0.837. The summed E-state index contributed by atoms with van der Waals surface area (Å²) in [5, 5.41) is 2.74. The molecule has 2 heterocycles. The van der Waals surface area contributed by atoms with E-state index >= 15 is 0 Å². The van der Waals surface area contributed by atoms with Crippen LogP contribution in [0.3, 0.4) is 0 Å². The Kier molecular flexibility index (Phi) is 9.64. The molecule has 0 aliphatic carbocycles. The number of hydrogen-bond donors (Lipinski definition) is 1. The maximum atomic E-state index is 13.8. The van der Waals surface area contributed by atoms with Crippen molar-refractivity contribution in [2.75, 3.05) is 11.1 Å². The van der Waals surface area contributed by atoms with Crippen LogP contribution < -0.4 is 5.32 Å². The van der Waals surface area contributed by atoms with Crippen LogP contribution in [-0.2, 0) is 29.0 Å². The van der Waals surface area contributed by atoms with Crippen LogP contribution in [0.1, 0.15) is 51.8 Å². The smallest absolute Gasteiger partial charge is 0.412 e. The van der Waals surface area contributed by atoms with Gasteiger partial charge in [-0.05, 0) is 81.0 Å². The molecule has 1 saturated heterocycles. The minimum atomic E-state index is -3.73. The van der Waals surface area contributed by atoms with Crippen molar-refractivity contribution in [3.63, 3.8) is 0 Å². The van der Waals surface area contributed by atoms with Gasteiger partial charge in [-0.3, -0.25) is 10.1 Å². The SMILES string of the molecule is CC(=O)O[C@@]1(c2ccc(-c3ccc(-c4ccc(NC(=O)OC(C)(C)C)cc4)cc3)s2)C(CC[Si](C)(C)C)CCCS1(=O)=O. The fourth-order valence-electron chi connectivity index (χ4n) is 5.50. The van der Waals surface area contributed by atoms with E-state index in [1.165, 1.54) is 18.3 Å². The lowest BCUT2D eigenvalue weighted by atomic mass is 9.91. The zero-order valence-electron chi connectivity index (χ0n) is 26.2. The van der Waals surface area contributed by atoms with Gasteiger partial charge >= 0.3 is 12.1 Å². The molecular formula is C33H43NO6S2Si. The quantitative estimate of drug-likeness (QED) is 0.195. The molecular weight excluding hydrogens is 599 g/mol. The van der Waals surface area contributed by atoms with Gasteiger partial charge < -0.3 is 9.47 Å². The van der Waals surface area contributed by atoms with E-state index in [9.17, 15) is 18.0 Å². The molecule has 0 spiro atoms. The number of ether oxygens (including phenoxy) is 2. The van der Waals surface area contributed by atoms with Crippen LogP contribution in [0.15, 0.2) is 60.7 Å². The van der Waals surface area contributed by atoms with Crippen LogP contribution in [0.2, 0.25) is 25.7 Å². The van der Waals surface area contributed by atoms with Gasteiger partial charge in [0.25, 0.3) is 0 Å². The second kappa shape index (κ2) is 12.6. The predicted octanol–water partition coefficient (Wildman–Crippen LogP) is 8.70. The Balaban J connectivity index is 1.59. The molecule has 2 atom stereocenters. The van der Waals surface area contributed by atoms with Crippen molar-refractivity contribution in [2.24, 2.45) is 5.92 Å². The predicted molar refractivity (Wildman–Crippen MR) is 178 cm³/mol. The highest BCUT2D eigenvalue weighted by Crippen LogP contribution is 2.51. The molecule has 7 nitrogen and oxygen atoms in total. The third-order valence-electron chi connectivity index (χ3n) is 7.49. The molecule has 1 aliphatic heterocycles. The number of thiophene rings is 1. The highest BCUT2D eigenvalue weighted by atomic mass is 32.2. The molecule has 43 heavy (non-hydrogen) atoms. The highest BCUT2D eigenvalue weighted by molar-refractivity contribution is 7.92. The van der Waals surface area contributed by atoms with Crippen molar-refractivity contribution in [2.45, 2.75) is 83.2 Å². The molecule has 0 radical (unpaired) electrons. The Morgan fingerprint density at radius 1 is 0.953 bits per heavy atom. The van der Waals surface area contributed by atoms with Crippen LogP contribution in [0.25, 0.3) is 21.6 Å². The molecule has 1 unspecified atom stereocenters. The van der Waals surface area contributed by atoms with Gasteiger partial charge in [-0.1, -0.05) is 62.1 Å². The first-order valence-corrected chi connectivity index (χ1v) is 20.9. The minimum Gasteiger partial charge on any atom is -0.444 e. The number of carbonyl (C=O) groups is 2. The third-order valence-corrected chi connectivity index (χ3v) is 13.0. The molecule has 4 rings (SSSR count). The first-order valence-electron chi connectivity index (χ1n) is 14.7. The lowest BCUT2D eigenvalue weighted by molar-refractivity contribution is -0.154. The number of esters is 1. The Hall–Kier alpha value is -2.95. The van der Waals surface area contributed by atoms with E-state index in [4.69, 9.17) is 9.47 Å². The summed E-state index contributed by atoms with van der Waals surface area (Å²) in [6, 6.07) is 20.3. The first kappa shape index (κ1) is 33.0. The summed E-state index contributed by atoms with van der Waals surface area (Å²) in [5.41, 5.74) is 3.01. The summed E-state index contributed by atoms with van der Waals surface area (Å²) in [6.45, 7) is 13.6. The zero-order valence-corrected chi connectivity index (χ0v) is 28.8. The molecule has 3 aromatic rings. The van der Waals surface area contributed by atoms with Gasteiger partial charge in [0.15, 0.2) is 9.84 Å². The number of hydrogen-bond acceptors (Lipinski definition) is 7. The number of anilines is 1. The summed E-state index contributed by atoms with van der Waals surface area (Å²) in [7, 11) is -5.18. The van der Waals surface area contributed by atoms with E-state index < -0.39 is 40.5 Å². The maximum absolute atomic E-state index is 13.8. The normalized spacial score (nSPS) is 20.3. The van der Waals surface area contributed by atoms with Crippen molar-refractivity contribution >= 4 is 47.0 Å². The van der Waals surface area contributed by atoms with E-state index in [1.54, 1.807) is 0 Å². The van der Waals surface area contributed by atoms with E-state index in [0.717, 1.165) is 34.0 Å². The first-order chi connectivity index (χ1) is 20.0. The lowest BCUT2D eigenvalue weighted by Gasteiger charge is -2.42. The molecule has 1 aliphatic rings. The van der Waals surface area contributed by atoms with Crippen LogP contribution >= 0.6 is 11.3 Å². The van der Waals surface area contributed by atoms with Crippen LogP contribution in [0.5, 0.6) is 0 Å². The topological polar surface area (TPSA) is 98.8 Å². The molecule has 2 aromatic carbocycles. The van der Waals surface area contributed by atoms with Crippen molar-refractivity contribution in [3.8, 4) is 21.6 Å². The van der Waals surface area contributed by atoms with E-state index in [-0.39, 0.29) is 11.7 Å². The Morgan fingerprint density at radius 2 is 1.53 bits per heavy atom. The van der Waals surface area contributed by atoms with Gasteiger partial charge in [0.2, 0.25) is 4.93 Å². The minimum absolute atomic E-state index is 0.0116. The number of rotatable bonds is 8. The third kappa shape index (κ3) is 7.96. The van der Waals surface area contributed by atoms with Gasteiger partial charge in [0, 0.05) is 31.5 Å². The van der Waals surface area contributed by atoms with Crippen molar-refractivity contribution in [1.82, 2.24) is 0 Å². The van der Waals surface area contributed by atoms with Gasteiger partial charge in [-0.15, -0.1) is 11.3 Å². The molecule has 1 N–H and O–H groups in total. The van der Waals surface area contributed by atoms with E-state index in [0.29, 0.717) is 23.4 Å². The number of carbonyl (C=O) groups excluding carboxylic acids is 2. The molecule has 10 heteroatoms. The Labute approximate surface area is 260 Å². The largest absolute Gasteiger partial charge is 0.444 e. The molecule has 0 bridgehead atoms. The standard InChI is InChI=1S/C33H43NO6S2Si/c1-23(35)39-33(27(20-22-43(5,6)7)9-8-21-42(33,37)38)30-19-18-29(41-30)26-12-10-24(11-13-26)25-14-16-28(17-15-25)34-31(36)40-32(2,3)4/h10-19,27H,8-9,20-22H2,1-7H3,(H,34,36)/t27?,33-/m0/s1. The van der Waals surface area contributed by atoms with Crippen molar-refractivity contribution in [1.29, 1.82) is 0 Å². The highest BCUT2D eigenvalue weighted by Gasteiger charge is 2.57. The average molecular weight is 642 g/mol.